The molecule has 1 atom stereocenters. The minimum absolute atomic E-state index is 0.201. The molecule has 10 nitrogen and oxygen atoms in total. The zero-order valence-corrected chi connectivity index (χ0v) is 13.6. The van der Waals surface area contributed by atoms with Gasteiger partial charge in [0.05, 0.1) is 27.6 Å². The molecule has 23 heavy (non-hydrogen) atoms. The average Bonchev–Trinajstić information content (AvgIpc) is 2.24. The fraction of sp³-hybridized carbons (Fsp3) is 0.692. The number of rotatable bonds is 8. The summed E-state index contributed by atoms with van der Waals surface area (Å²) in [6, 6.07) is 0. The number of carbonyl (C=O) groups is 4. The van der Waals surface area contributed by atoms with Gasteiger partial charge in [-0.3, -0.25) is 9.59 Å². The molecule has 0 aromatic heterocycles. The molecule has 0 aromatic carbocycles. The Balaban J connectivity index is 0. The quantitative estimate of drug-likeness (QED) is 0.326. The van der Waals surface area contributed by atoms with E-state index in [1.165, 1.54) is 6.92 Å². The second kappa shape index (κ2) is 9.74. The number of aliphatic carboxylic acids is 3. The van der Waals surface area contributed by atoms with E-state index in [2.05, 4.69) is 21.1 Å². The Bertz CT molecular complexity index is 423. The van der Waals surface area contributed by atoms with E-state index >= 15 is 0 Å². The molecule has 1 unspecified atom stereocenters. The van der Waals surface area contributed by atoms with Crippen LogP contribution in [0.4, 0.5) is 0 Å². The summed E-state index contributed by atoms with van der Waals surface area (Å²) in [6.45, 7) is 2.80. The Morgan fingerprint density at radius 3 is 1.83 bits per heavy atom. The number of carboxylic acids is 3. The summed E-state index contributed by atoms with van der Waals surface area (Å²) in [7, 11) is 6.18. The summed E-state index contributed by atoms with van der Waals surface area (Å²) in [4.78, 5) is 40.6. The lowest BCUT2D eigenvalue weighted by atomic mass is 9.96. The van der Waals surface area contributed by atoms with Gasteiger partial charge in [-0.15, -0.1) is 0 Å². The number of ether oxygens (including phenoxy) is 1. The highest BCUT2D eigenvalue weighted by atomic mass is 16.5. The van der Waals surface area contributed by atoms with E-state index in [0.717, 1.165) is 11.0 Å². The molecule has 0 aliphatic heterocycles. The molecule has 0 amide bonds. The van der Waals surface area contributed by atoms with Crippen molar-refractivity contribution >= 4 is 23.9 Å². The molecule has 0 aliphatic rings. The van der Waals surface area contributed by atoms with Crippen molar-refractivity contribution in [2.45, 2.75) is 25.4 Å². The standard InChI is InChI=1S/C7H16NO2.C6H8O7/c1-7(9)10-6-5-8(2,3)4;7-3(8)1-6(13,5(11)12)2-4(9)10/h5-6H2,1-4H3;13H,1-2H2,(H,7,8)(H,9,10)(H,11,12)/q+1;/p-1. The lowest BCUT2D eigenvalue weighted by Gasteiger charge is -2.23. The maximum atomic E-state index is 10.3. The number of likely N-dealkylation sites (N-methyl/N-ethyl adjacent to an activating group) is 1. The zero-order chi connectivity index (χ0) is 18.8. The average molecular weight is 337 g/mol. The predicted octanol–water partition coefficient (Wildman–Crippen LogP) is -2.33. The van der Waals surface area contributed by atoms with Gasteiger partial charge in [-0.25, -0.2) is 4.79 Å². The topological polar surface area (TPSA) is 161 Å². The number of aliphatic hydroxyl groups is 1. The van der Waals surface area contributed by atoms with Gasteiger partial charge in [-0.05, 0) is 0 Å². The molecule has 0 radical (unpaired) electrons. The lowest BCUT2D eigenvalue weighted by molar-refractivity contribution is -0.870. The van der Waals surface area contributed by atoms with E-state index in [4.69, 9.17) is 20.1 Å². The summed E-state index contributed by atoms with van der Waals surface area (Å²) in [5.41, 5.74) is -2.80. The highest BCUT2D eigenvalue weighted by Crippen LogP contribution is 2.15. The van der Waals surface area contributed by atoms with E-state index in [1.54, 1.807) is 0 Å². The first kappa shape index (κ1) is 23.1. The molecule has 3 N–H and O–H groups in total. The number of quaternary nitrogens is 1. The Labute approximate surface area is 133 Å². The van der Waals surface area contributed by atoms with Crippen molar-refractivity contribution in [1.29, 1.82) is 0 Å². The summed E-state index contributed by atoms with van der Waals surface area (Å²) in [6.07, 6.45) is -2.44. The molecular formula is C13H23NO9. The Morgan fingerprint density at radius 2 is 1.57 bits per heavy atom. The van der Waals surface area contributed by atoms with Gasteiger partial charge in [0, 0.05) is 19.3 Å². The van der Waals surface area contributed by atoms with Gasteiger partial charge in [0.1, 0.15) is 13.2 Å². The van der Waals surface area contributed by atoms with Crippen LogP contribution in [0.2, 0.25) is 0 Å². The van der Waals surface area contributed by atoms with Gasteiger partial charge >= 0.3 is 17.9 Å². The summed E-state index contributed by atoms with van der Waals surface area (Å²) in [5.74, 6) is -5.54. The highest BCUT2D eigenvalue weighted by molar-refractivity contribution is 5.87. The predicted molar refractivity (Wildman–Crippen MR) is 74.0 cm³/mol. The maximum Gasteiger partial charge on any atom is 0.336 e. The third-order valence-corrected chi connectivity index (χ3v) is 2.35. The molecular weight excluding hydrogens is 314 g/mol. The maximum absolute atomic E-state index is 10.3. The highest BCUT2D eigenvalue weighted by Gasteiger charge is 2.38. The number of carbonyl (C=O) groups excluding carboxylic acids is 2. The van der Waals surface area contributed by atoms with Crippen LogP contribution in [0.1, 0.15) is 19.8 Å². The monoisotopic (exact) mass is 337 g/mol. The van der Waals surface area contributed by atoms with E-state index in [9.17, 15) is 24.3 Å². The minimum Gasteiger partial charge on any atom is -0.550 e. The molecule has 134 valence electrons. The van der Waals surface area contributed by atoms with E-state index in [1.807, 2.05) is 0 Å². The van der Waals surface area contributed by atoms with Crippen molar-refractivity contribution in [3.63, 3.8) is 0 Å². The van der Waals surface area contributed by atoms with Gasteiger partial charge in [0.2, 0.25) is 0 Å². The lowest BCUT2D eigenvalue weighted by Crippen LogP contribution is -2.45. The van der Waals surface area contributed by atoms with Crippen molar-refractivity contribution in [3.05, 3.63) is 0 Å². The van der Waals surface area contributed by atoms with Crippen LogP contribution in [0.5, 0.6) is 0 Å². The Morgan fingerprint density at radius 1 is 1.09 bits per heavy atom. The second-order valence-corrected chi connectivity index (χ2v) is 5.81. The first-order chi connectivity index (χ1) is 10.2. The van der Waals surface area contributed by atoms with Crippen LogP contribution in [-0.2, 0) is 23.9 Å². The van der Waals surface area contributed by atoms with Crippen molar-refractivity contribution in [2.75, 3.05) is 34.3 Å². The van der Waals surface area contributed by atoms with Crippen LogP contribution in [0.25, 0.3) is 0 Å². The molecule has 0 heterocycles. The fourth-order valence-electron chi connectivity index (χ4n) is 1.17. The second-order valence-electron chi connectivity index (χ2n) is 5.81. The minimum atomic E-state index is -2.80. The first-order valence-electron chi connectivity index (χ1n) is 6.51. The fourth-order valence-corrected chi connectivity index (χ4v) is 1.17. The molecule has 0 aromatic rings. The zero-order valence-electron chi connectivity index (χ0n) is 13.6. The largest absolute Gasteiger partial charge is 0.550 e. The Hall–Kier alpha value is -2.20. The molecule has 0 saturated carbocycles. The van der Waals surface area contributed by atoms with Crippen molar-refractivity contribution in [3.8, 4) is 0 Å². The van der Waals surface area contributed by atoms with Crippen molar-refractivity contribution in [2.24, 2.45) is 0 Å². The van der Waals surface area contributed by atoms with Gasteiger partial charge in [0.15, 0.2) is 5.60 Å². The smallest absolute Gasteiger partial charge is 0.336 e. The molecule has 0 rings (SSSR count). The normalized spacial score (nSPS) is 13.1. The molecule has 10 heteroatoms. The third kappa shape index (κ3) is 14.5. The summed E-state index contributed by atoms with van der Waals surface area (Å²) in [5, 5.41) is 35.5. The van der Waals surface area contributed by atoms with Crippen LogP contribution in [0, 0.1) is 0 Å². The summed E-state index contributed by atoms with van der Waals surface area (Å²) < 4.78 is 5.59. The van der Waals surface area contributed by atoms with E-state index in [-0.39, 0.29) is 5.97 Å². The number of hydrogen-bond acceptors (Lipinski definition) is 7. The van der Waals surface area contributed by atoms with Gasteiger partial charge in [0.25, 0.3) is 0 Å². The van der Waals surface area contributed by atoms with E-state index < -0.39 is 36.4 Å². The van der Waals surface area contributed by atoms with E-state index in [0.29, 0.717) is 6.61 Å². The number of hydrogen-bond donors (Lipinski definition) is 3. The van der Waals surface area contributed by atoms with Crippen LogP contribution in [-0.4, -0.2) is 83.6 Å². The summed E-state index contributed by atoms with van der Waals surface area (Å²) >= 11 is 0. The molecule has 0 spiro atoms. The van der Waals surface area contributed by atoms with Crippen LogP contribution in [0.3, 0.4) is 0 Å². The van der Waals surface area contributed by atoms with Gasteiger partial charge < -0.3 is 34.4 Å². The molecule has 0 bridgehead atoms. The Kier molecular flexibility index (Phi) is 9.77. The SMILES string of the molecule is CC(=O)OCC[N+](C)(C)C.O=C([O-])CC(O)(CC(=O)O)C(=O)O. The van der Waals surface area contributed by atoms with Gasteiger partial charge in [-0.1, -0.05) is 0 Å². The number of esters is 1. The number of carboxylic acid groups (broad SMARTS) is 3. The van der Waals surface area contributed by atoms with Crippen LogP contribution >= 0.6 is 0 Å². The first-order valence-corrected chi connectivity index (χ1v) is 6.51. The third-order valence-electron chi connectivity index (χ3n) is 2.35. The van der Waals surface area contributed by atoms with Crippen LogP contribution < -0.4 is 5.11 Å². The van der Waals surface area contributed by atoms with Crippen molar-refractivity contribution < 1.29 is 48.8 Å². The molecule has 0 saturated heterocycles. The molecule has 0 aliphatic carbocycles. The number of nitrogens with zero attached hydrogens (tertiary/aromatic N) is 1. The van der Waals surface area contributed by atoms with Crippen molar-refractivity contribution in [1.82, 2.24) is 0 Å². The van der Waals surface area contributed by atoms with Gasteiger partial charge in [-0.2, -0.15) is 0 Å². The van der Waals surface area contributed by atoms with Crippen LogP contribution in [0.15, 0.2) is 0 Å². The molecule has 0 fully saturated rings.